The van der Waals surface area contributed by atoms with Gasteiger partial charge in [0, 0.05) is 26.1 Å². The number of hydrogen-bond donors (Lipinski definition) is 3. The first-order valence-corrected chi connectivity index (χ1v) is 6.55. The van der Waals surface area contributed by atoms with Crippen LogP contribution in [-0.4, -0.2) is 46.4 Å². The predicted octanol–water partition coefficient (Wildman–Crippen LogP) is -0.0913. The monoisotopic (exact) mass is 268 g/mol. The minimum Gasteiger partial charge on any atom is -0.463 e. The van der Waals surface area contributed by atoms with Crippen molar-refractivity contribution in [1.29, 1.82) is 0 Å². The molecule has 2 rings (SSSR count). The Hall–Kier alpha value is -1.67. The van der Waals surface area contributed by atoms with Gasteiger partial charge in [0.2, 0.25) is 11.9 Å². The Kier molecular flexibility index (Phi) is 5.10. The van der Waals surface area contributed by atoms with Gasteiger partial charge in [-0.2, -0.15) is 15.0 Å². The fourth-order valence-corrected chi connectivity index (χ4v) is 1.94. The Bertz CT molecular complexity index is 397. The fourth-order valence-electron chi connectivity index (χ4n) is 1.94. The first-order valence-electron chi connectivity index (χ1n) is 6.55. The van der Waals surface area contributed by atoms with E-state index in [-0.39, 0.29) is 18.6 Å². The van der Waals surface area contributed by atoms with Crippen molar-refractivity contribution in [3.63, 3.8) is 0 Å². The second-order valence-electron chi connectivity index (χ2n) is 4.36. The summed E-state index contributed by atoms with van der Waals surface area (Å²) in [6.45, 7) is 2.31. The van der Waals surface area contributed by atoms with Crippen molar-refractivity contribution >= 4 is 11.9 Å². The molecule has 1 saturated heterocycles. The average Bonchev–Trinajstić information content (AvgIpc) is 2.48. The number of aliphatic hydroxyl groups is 1. The van der Waals surface area contributed by atoms with E-state index < -0.39 is 0 Å². The summed E-state index contributed by atoms with van der Waals surface area (Å²) in [5.74, 6) is 6.23. The lowest BCUT2D eigenvalue weighted by Gasteiger charge is -2.26. The van der Waals surface area contributed by atoms with Crippen molar-refractivity contribution in [2.75, 3.05) is 36.6 Å². The summed E-state index contributed by atoms with van der Waals surface area (Å²) in [6.07, 6.45) is 4.05. The Labute approximate surface area is 112 Å². The molecule has 0 spiro atoms. The SMILES string of the molecule is NNc1nc(OCCCO)nc(N2CCCCC2)n1. The van der Waals surface area contributed by atoms with Crippen LogP contribution in [-0.2, 0) is 0 Å². The van der Waals surface area contributed by atoms with E-state index in [1.54, 1.807) is 0 Å². The Balaban J connectivity index is 2.10. The Morgan fingerprint density at radius 1 is 1.21 bits per heavy atom. The van der Waals surface area contributed by atoms with Gasteiger partial charge in [0.15, 0.2) is 0 Å². The molecule has 1 aliphatic rings. The van der Waals surface area contributed by atoms with Crippen LogP contribution in [0.5, 0.6) is 6.01 Å². The summed E-state index contributed by atoms with van der Waals surface area (Å²) in [5.41, 5.74) is 2.42. The summed E-state index contributed by atoms with van der Waals surface area (Å²) in [5, 5.41) is 8.73. The first-order chi connectivity index (χ1) is 9.33. The van der Waals surface area contributed by atoms with E-state index >= 15 is 0 Å². The standard InChI is InChI=1S/C11H20N6O2/c12-16-9-13-10(17-5-2-1-3-6-17)15-11(14-9)19-8-4-7-18/h18H,1-8,12H2,(H,13,14,15,16). The molecule has 1 aromatic rings. The molecule has 8 heteroatoms. The highest BCUT2D eigenvalue weighted by molar-refractivity contribution is 5.37. The van der Waals surface area contributed by atoms with Gasteiger partial charge in [-0.3, -0.25) is 5.43 Å². The number of hydrogen-bond acceptors (Lipinski definition) is 8. The van der Waals surface area contributed by atoms with E-state index in [9.17, 15) is 0 Å². The molecule has 0 saturated carbocycles. The van der Waals surface area contributed by atoms with Crippen LogP contribution >= 0.6 is 0 Å². The zero-order valence-electron chi connectivity index (χ0n) is 10.9. The molecule has 0 aliphatic carbocycles. The molecule has 2 heterocycles. The third-order valence-corrected chi connectivity index (χ3v) is 2.90. The molecule has 1 aliphatic heterocycles. The van der Waals surface area contributed by atoms with Crippen LogP contribution in [0.4, 0.5) is 11.9 Å². The van der Waals surface area contributed by atoms with Crippen LogP contribution < -0.4 is 20.9 Å². The summed E-state index contributed by atoms with van der Waals surface area (Å²) >= 11 is 0. The lowest BCUT2D eigenvalue weighted by Crippen LogP contribution is -2.31. The Morgan fingerprint density at radius 3 is 2.68 bits per heavy atom. The number of nitrogens with zero attached hydrogens (tertiary/aromatic N) is 4. The summed E-state index contributed by atoms with van der Waals surface area (Å²) in [6, 6.07) is 0.233. The van der Waals surface area contributed by atoms with Crippen LogP contribution in [0.15, 0.2) is 0 Å². The molecule has 0 aromatic carbocycles. The Morgan fingerprint density at radius 2 is 2.00 bits per heavy atom. The fraction of sp³-hybridized carbons (Fsp3) is 0.727. The molecule has 8 nitrogen and oxygen atoms in total. The van der Waals surface area contributed by atoms with Crippen LogP contribution in [0.1, 0.15) is 25.7 Å². The number of nitrogens with two attached hydrogens (primary N) is 1. The number of nitrogens with one attached hydrogen (secondary N) is 1. The van der Waals surface area contributed by atoms with E-state index in [2.05, 4.69) is 25.3 Å². The lowest BCUT2D eigenvalue weighted by atomic mass is 10.1. The topological polar surface area (TPSA) is 109 Å². The van der Waals surface area contributed by atoms with Gasteiger partial charge in [0.1, 0.15) is 0 Å². The summed E-state index contributed by atoms with van der Waals surface area (Å²) < 4.78 is 5.38. The number of aliphatic hydroxyl groups excluding tert-OH is 1. The largest absolute Gasteiger partial charge is 0.463 e. The minimum atomic E-state index is 0.0755. The van der Waals surface area contributed by atoms with Crippen molar-refractivity contribution in [2.45, 2.75) is 25.7 Å². The third kappa shape index (κ3) is 3.90. The van der Waals surface area contributed by atoms with Crippen molar-refractivity contribution in [2.24, 2.45) is 5.84 Å². The average molecular weight is 268 g/mol. The molecule has 1 aromatic heterocycles. The van der Waals surface area contributed by atoms with E-state index in [0.29, 0.717) is 19.0 Å². The van der Waals surface area contributed by atoms with Gasteiger partial charge >= 0.3 is 6.01 Å². The predicted molar refractivity (Wildman–Crippen MR) is 70.9 cm³/mol. The van der Waals surface area contributed by atoms with Gasteiger partial charge in [-0.15, -0.1) is 0 Å². The van der Waals surface area contributed by atoms with Gasteiger partial charge < -0.3 is 14.7 Å². The second kappa shape index (κ2) is 7.05. The molecule has 4 N–H and O–H groups in total. The van der Waals surface area contributed by atoms with E-state index in [1.807, 2.05) is 0 Å². The van der Waals surface area contributed by atoms with Crippen molar-refractivity contribution in [1.82, 2.24) is 15.0 Å². The highest BCUT2D eigenvalue weighted by Crippen LogP contribution is 2.18. The second-order valence-corrected chi connectivity index (χ2v) is 4.36. The number of anilines is 2. The highest BCUT2D eigenvalue weighted by Gasteiger charge is 2.16. The number of ether oxygens (including phenoxy) is 1. The molecule has 0 radical (unpaired) electrons. The molecular weight excluding hydrogens is 248 g/mol. The normalized spacial score (nSPS) is 15.4. The van der Waals surface area contributed by atoms with Gasteiger partial charge in [0.25, 0.3) is 0 Å². The maximum atomic E-state index is 8.73. The highest BCUT2D eigenvalue weighted by atomic mass is 16.5. The van der Waals surface area contributed by atoms with Crippen LogP contribution in [0.3, 0.4) is 0 Å². The molecule has 0 bridgehead atoms. The van der Waals surface area contributed by atoms with Crippen molar-refractivity contribution < 1.29 is 9.84 Å². The third-order valence-electron chi connectivity index (χ3n) is 2.90. The smallest absolute Gasteiger partial charge is 0.323 e. The summed E-state index contributed by atoms with van der Waals surface area (Å²) in [4.78, 5) is 14.7. The van der Waals surface area contributed by atoms with Gasteiger partial charge in [-0.25, -0.2) is 5.84 Å². The summed E-state index contributed by atoms with van der Waals surface area (Å²) in [7, 11) is 0. The van der Waals surface area contributed by atoms with Crippen LogP contribution in [0, 0.1) is 0 Å². The van der Waals surface area contributed by atoms with Crippen LogP contribution in [0.25, 0.3) is 0 Å². The quantitative estimate of drug-likeness (QED) is 0.373. The maximum absolute atomic E-state index is 8.73. The zero-order valence-corrected chi connectivity index (χ0v) is 10.9. The maximum Gasteiger partial charge on any atom is 0.323 e. The van der Waals surface area contributed by atoms with Gasteiger partial charge in [-0.05, 0) is 19.3 Å². The van der Waals surface area contributed by atoms with Crippen LogP contribution in [0.2, 0.25) is 0 Å². The van der Waals surface area contributed by atoms with E-state index in [1.165, 1.54) is 6.42 Å². The van der Waals surface area contributed by atoms with Gasteiger partial charge in [-0.1, -0.05) is 0 Å². The van der Waals surface area contributed by atoms with E-state index in [4.69, 9.17) is 15.7 Å². The minimum absolute atomic E-state index is 0.0755. The molecular formula is C11H20N6O2. The molecule has 0 atom stereocenters. The lowest BCUT2D eigenvalue weighted by molar-refractivity contribution is 0.224. The zero-order chi connectivity index (χ0) is 13.5. The number of rotatable bonds is 6. The van der Waals surface area contributed by atoms with Crippen molar-refractivity contribution in [3.8, 4) is 6.01 Å². The number of aromatic nitrogens is 3. The number of nitrogen functional groups attached to an aromatic ring is 1. The number of piperidine rings is 1. The first kappa shape index (κ1) is 13.8. The molecule has 0 unspecified atom stereocenters. The van der Waals surface area contributed by atoms with E-state index in [0.717, 1.165) is 25.9 Å². The molecule has 106 valence electrons. The van der Waals surface area contributed by atoms with Gasteiger partial charge in [0.05, 0.1) is 6.61 Å². The molecule has 0 amide bonds. The molecule has 19 heavy (non-hydrogen) atoms. The molecule has 1 fully saturated rings. The number of hydrazine groups is 1. The van der Waals surface area contributed by atoms with Crippen molar-refractivity contribution in [3.05, 3.63) is 0 Å².